The van der Waals surface area contributed by atoms with E-state index in [1.165, 1.54) is 6.20 Å². The van der Waals surface area contributed by atoms with Crippen LogP contribution < -0.4 is 20.4 Å². The van der Waals surface area contributed by atoms with Crippen molar-refractivity contribution in [2.75, 3.05) is 39.7 Å². The number of hydrogen-bond donors (Lipinski definition) is 4. The van der Waals surface area contributed by atoms with Crippen LogP contribution in [0.5, 0.6) is 0 Å². The van der Waals surface area contributed by atoms with Gasteiger partial charge in [-0.25, -0.2) is 14.8 Å². The molecule has 1 aromatic carbocycles. The Morgan fingerprint density at radius 3 is 2.43 bits per heavy atom. The SMILES string of the molecule is Cn1cc(-c2ccc(N(C(=O)NCc3ccccc3)[C@H]3CC[C@H](Nc4ncc(C#N)c(N5CCS(O)(O)CC5)n4)CC3)nc2)cn1. The predicted octanol–water partition coefficient (Wildman–Crippen LogP) is 4.85. The van der Waals surface area contributed by atoms with Gasteiger partial charge in [0.05, 0.1) is 23.9 Å². The van der Waals surface area contributed by atoms with Gasteiger partial charge in [-0.2, -0.15) is 25.9 Å². The van der Waals surface area contributed by atoms with E-state index in [1.54, 1.807) is 22.0 Å². The molecule has 1 saturated carbocycles. The summed E-state index contributed by atoms with van der Waals surface area (Å²) in [6, 6.07) is 15.7. The Kier molecular flexibility index (Phi) is 9.34. The Morgan fingerprint density at radius 1 is 1.02 bits per heavy atom. The van der Waals surface area contributed by atoms with Crippen LogP contribution in [0.15, 0.2) is 67.3 Å². The number of carbonyl (C=O) groups excluding carboxylic acids is 1. The molecule has 4 heterocycles. The molecule has 0 bridgehead atoms. The number of urea groups is 1. The minimum atomic E-state index is -2.57. The molecule has 1 aliphatic carbocycles. The molecule has 14 heteroatoms. The highest BCUT2D eigenvalue weighted by Gasteiger charge is 2.32. The van der Waals surface area contributed by atoms with E-state index in [0.29, 0.717) is 42.8 Å². The summed E-state index contributed by atoms with van der Waals surface area (Å²) in [5.74, 6) is 2.04. The standard InChI is InChI=1S/C32H38N10O3S/c1-40-22-26(21-37-40)24-7-12-29(34-19-24)42(32(43)36-18-23-5-3-2-4-6-23)28-10-8-27(9-11-28)38-31-35-20-25(17-33)30(39-31)41-13-15-46(44,45)16-14-41/h2-7,12,19-22,27-28,44-45H,8-11,13-16,18H2,1H3,(H,36,43)(H,35,38,39)/t27-,28-. The topological polar surface area (TPSA) is 168 Å². The highest BCUT2D eigenvalue weighted by atomic mass is 32.3. The van der Waals surface area contributed by atoms with E-state index in [-0.39, 0.29) is 29.6 Å². The molecule has 13 nitrogen and oxygen atoms in total. The van der Waals surface area contributed by atoms with Crippen LogP contribution in [0, 0.1) is 11.3 Å². The molecule has 2 amide bonds. The monoisotopic (exact) mass is 642 g/mol. The Hall–Kier alpha value is -4.71. The second-order valence-electron chi connectivity index (χ2n) is 11.7. The molecule has 0 unspecified atom stereocenters. The Balaban J connectivity index is 1.14. The maximum Gasteiger partial charge on any atom is 0.323 e. The number of nitrogens with zero attached hydrogens (tertiary/aromatic N) is 8. The number of nitriles is 1. The molecule has 240 valence electrons. The number of aryl methyl sites for hydroxylation is 1. The molecule has 4 aromatic rings. The number of pyridine rings is 1. The highest BCUT2D eigenvalue weighted by Crippen LogP contribution is 2.41. The fourth-order valence-corrected chi connectivity index (χ4v) is 7.18. The van der Waals surface area contributed by atoms with Crippen molar-refractivity contribution in [3.05, 3.63) is 78.4 Å². The van der Waals surface area contributed by atoms with E-state index < -0.39 is 10.6 Å². The van der Waals surface area contributed by atoms with Crippen molar-refractivity contribution < 1.29 is 13.9 Å². The van der Waals surface area contributed by atoms with Gasteiger partial charge in [-0.1, -0.05) is 30.3 Å². The molecule has 0 atom stereocenters. The molecule has 3 aromatic heterocycles. The average molecular weight is 643 g/mol. The Bertz CT molecular complexity index is 1670. The normalized spacial score (nSPS) is 19.9. The molecule has 2 aliphatic rings. The summed E-state index contributed by atoms with van der Waals surface area (Å²) in [5.41, 5.74) is 3.25. The van der Waals surface area contributed by atoms with Crippen LogP contribution in [-0.2, 0) is 13.6 Å². The number of nitrogens with one attached hydrogen (secondary N) is 2. The van der Waals surface area contributed by atoms with E-state index in [2.05, 4.69) is 31.8 Å². The number of rotatable bonds is 8. The first-order chi connectivity index (χ1) is 22.3. The van der Waals surface area contributed by atoms with E-state index >= 15 is 0 Å². The predicted molar refractivity (Wildman–Crippen MR) is 179 cm³/mol. The molecule has 0 spiro atoms. The number of aromatic nitrogens is 5. The van der Waals surface area contributed by atoms with Gasteiger partial charge in [-0.15, -0.1) is 0 Å². The lowest BCUT2D eigenvalue weighted by atomic mass is 9.90. The summed E-state index contributed by atoms with van der Waals surface area (Å²) in [5, 5.41) is 20.4. The third-order valence-corrected chi connectivity index (χ3v) is 10.2. The number of amides is 2. The van der Waals surface area contributed by atoms with Gasteiger partial charge in [-0.3, -0.25) is 18.7 Å². The maximum atomic E-state index is 13.7. The molecule has 1 aliphatic heterocycles. The van der Waals surface area contributed by atoms with Crippen LogP contribution in [-0.4, -0.2) is 76.5 Å². The van der Waals surface area contributed by atoms with Crippen LogP contribution in [0.3, 0.4) is 0 Å². The number of benzene rings is 1. The lowest BCUT2D eigenvalue weighted by molar-refractivity contribution is 0.240. The van der Waals surface area contributed by atoms with Crippen LogP contribution in [0.25, 0.3) is 11.1 Å². The van der Waals surface area contributed by atoms with Crippen molar-refractivity contribution >= 4 is 34.2 Å². The molecule has 2 fully saturated rings. The van der Waals surface area contributed by atoms with Crippen molar-refractivity contribution in [1.29, 1.82) is 5.26 Å². The minimum absolute atomic E-state index is 0.0592. The zero-order chi connectivity index (χ0) is 32.1. The van der Waals surface area contributed by atoms with Crippen LogP contribution in [0.2, 0.25) is 0 Å². The summed E-state index contributed by atoms with van der Waals surface area (Å²) in [6.45, 7) is 1.24. The third-order valence-electron chi connectivity index (χ3n) is 8.50. The summed E-state index contributed by atoms with van der Waals surface area (Å²) in [6.07, 6.45) is 10.1. The van der Waals surface area contributed by atoms with Crippen molar-refractivity contribution in [3.8, 4) is 17.2 Å². The van der Waals surface area contributed by atoms with Crippen LogP contribution in [0.4, 0.5) is 22.4 Å². The largest absolute Gasteiger partial charge is 0.352 e. The van der Waals surface area contributed by atoms with Gasteiger partial charge in [0.2, 0.25) is 5.95 Å². The second-order valence-corrected chi connectivity index (χ2v) is 14.1. The van der Waals surface area contributed by atoms with Crippen molar-refractivity contribution in [2.45, 2.75) is 44.3 Å². The van der Waals surface area contributed by atoms with Gasteiger partial charge in [0.25, 0.3) is 0 Å². The zero-order valence-electron chi connectivity index (χ0n) is 25.7. The third kappa shape index (κ3) is 7.39. The van der Waals surface area contributed by atoms with Crippen molar-refractivity contribution in [3.63, 3.8) is 0 Å². The minimum Gasteiger partial charge on any atom is -0.352 e. The van der Waals surface area contributed by atoms with E-state index in [9.17, 15) is 19.2 Å². The molecule has 1 saturated heterocycles. The summed E-state index contributed by atoms with van der Waals surface area (Å²) < 4.78 is 21.8. The number of anilines is 3. The van der Waals surface area contributed by atoms with Gasteiger partial charge >= 0.3 is 6.03 Å². The van der Waals surface area contributed by atoms with Crippen molar-refractivity contribution in [1.82, 2.24) is 30.0 Å². The fourth-order valence-electron chi connectivity index (χ4n) is 5.95. The first kappa shape index (κ1) is 31.3. The molecule has 46 heavy (non-hydrogen) atoms. The van der Waals surface area contributed by atoms with Gasteiger partial charge in [-0.05, 0) is 43.4 Å². The Morgan fingerprint density at radius 2 is 1.78 bits per heavy atom. The lowest BCUT2D eigenvalue weighted by Crippen LogP contribution is -2.49. The second kappa shape index (κ2) is 13.7. The van der Waals surface area contributed by atoms with Crippen LogP contribution in [0.1, 0.15) is 36.8 Å². The molecule has 4 N–H and O–H groups in total. The smallest absolute Gasteiger partial charge is 0.323 e. The fraction of sp³-hybridized carbons (Fsp3) is 0.375. The van der Waals surface area contributed by atoms with Crippen LogP contribution >= 0.6 is 10.6 Å². The molecular formula is C32H38N10O3S. The number of hydrogen-bond acceptors (Lipinski definition) is 10. The molecule has 6 rings (SSSR count). The quantitative estimate of drug-likeness (QED) is 0.208. The highest BCUT2D eigenvalue weighted by molar-refractivity contribution is 8.24. The first-order valence-electron chi connectivity index (χ1n) is 15.4. The van der Waals surface area contributed by atoms with Gasteiger partial charge in [0, 0.05) is 62.3 Å². The Labute approximate surface area is 269 Å². The summed E-state index contributed by atoms with van der Waals surface area (Å²) in [4.78, 5) is 31.2. The lowest BCUT2D eigenvalue weighted by Gasteiger charge is -2.41. The van der Waals surface area contributed by atoms with E-state index in [0.717, 1.165) is 42.4 Å². The summed E-state index contributed by atoms with van der Waals surface area (Å²) in [7, 11) is -0.701. The number of carbonyl (C=O) groups is 1. The van der Waals surface area contributed by atoms with Gasteiger partial charge in [0.1, 0.15) is 17.5 Å². The van der Waals surface area contributed by atoms with E-state index in [4.69, 9.17) is 4.98 Å². The van der Waals surface area contributed by atoms with Gasteiger partial charge < -0.3 is 15.5 Å². The van der Waals surface area contributed by atoms with Gasteiger partial charge in [0.15, 0.2) is 5.82 Å². The van der Waals surface area contributed by atoms with E-state index in [1.807, 2.05) is 60.6 Å². The average Bonchev–Trinajstić information content (AvgIpc) is 3.51. The zero-order valence-corrected chi connectivity index (χ0v) is 26.5. The molecular weight excluding hydrogens is 604 g/mol. The van der Waals surface area contributed by atoms with Crippen molar-refractivity contribution in [2.24, 2.45) is 7.05 Å². The molecule has 0 radical (unpaired) electrons. The maximum absolute atomic E-state index is 13.7. The summed E-state index contributed by atoms with van der Waals surface area (Å²) >= 11 is 0. The first-order valence-corrected chi connectivity index (χ1v) is 17.2.